The van der Waals surface area contributed by atoms with E-state index in [-0.39, 0.29) is 17.8 Å². The van der Waals surface area contributed by atoms with Gasteiger partial charge in [-0.25, -0.2) is 18.0 Å². The van der Waals surface area contributed by atoms with Gasteiger partial charge >= 0.3 is 12.0 Å². The average molecular weight is 484 g/mol. The van der Waals surface area contributed by atoms with Crippen molar-refractivity contribution < 1.29 is 32.0 Å². The number of anilines is 1. The first-order valence-corrected chi connectivity index (χ1v) is 11.5. The summed E-state index contributed by atoms with van der Waals surface area (Å²) in [5.74, 6) is -1.21. The highest BCUT2D eigenvalue weighted by Gasteiger charge is 2.14. The molecule has 0 radical (unpaired) electrons. The Balaban J connectivity index is 1.49. The Kier molecular flexibility index (Phi) is 8.19. The second-order valence-corrected chi connectivity index (χ2v) is 8.39. The lowest BCUT2D eigenvalue weighted by atomic mass is 10.2. The summed E-state index contributed by atoms with van der Waals surface area (Å²) in [5, 5.41) is 5.43. The molecule has 2 aromatic carbocycles. The molecule has 0 saturated heterocycles. The molecule has 0 bridgehead atoms. The van der Waals surface area contributed by atoms with Crippen molar-refractivity contribution in [3.8, 4) is 0 Å². The van der Waals surface area contributed by atoms with E-state index in [0.717, 1.165) is 5.41 Å². The van der Waals surface area contributed by atoms with Crippen LogP contribution in [-0.2, 0) is 26.1 Å². The third-order valence-corrected chi connectivity index (χ3v) is 5.20. The third-order valence-electron chi connectivity index (χ3n) is 4.19. The summed E-state index contributed by atoms with van der Waals surface area (Å²) in [6.45, 7) is -0.627. The first-order valence-electron chi connectivity index (χ1n) is 9.94. The summed E-state index contributed by atoms with van der Waals surface area (Å²) >= 11 is 0. The van der Waals surface area contributed by atoms with Gasteiger partial charge in [0, 0.05) is 5.69 Å². The zero-order valence-corrected chi connectivity index (χ0v) is 18.6. The van der Waals surface area contributed by atoms with E-state index in [2.05, 4.69) is 10.0 Å². The summed E-state index contributed by atoms with van der Waals surface area (Å²) in [4.78, 5) is 35.7. The summed E-state index contributed by atoms with van der Waals surface area (Å²) < 4.78 is 36.9. The molecule has 0 aliphatic carbocycles. The van der Waals surface area contributed by atoms with Gasteiger partial charge in [-0.15, -0.1) is 0 Å². The number of furan rings is 1. The predicted octanol–water partition coefficient (Wildman–Crippen LogP) is 2.88. The molecule has 10 nitrogen and oxygen atoms in total. The SMILES string of the molecule is O=C(COC(=O)c1cccc(NS(=O)(=O)/C=C/c2ccccc2)c1)NC(=O)NCc1ccco1. The minimum Gasteiger partial charge on any atom is -0.467 e. The smallest absolute Gasteiger partial charge is 0.338 e. The van der Waals surface area contributed by atoms with Gasteiger partial charge in [0.05, 0.1) is 23.8 Å². The number of amides is 3. The molecule has 3 amide bonds. The van der Waals surface area contributed by atoms with Gasteiger partial charge in [-0.1, -0.05) is 36.4 Å². The van der Waals surface area contributed by atoms with Gasteiger partial charge < -0.3 is 14.5 Å². The minimum atomic E-state index is -3.83. The fourth-order valence-corrected chi connectivity index (χ4v) is 3.50. The third kappa shape index (κ3) is 7.95. The first-order chi connectivity index (χ1) is 16.3. The van der Waals surface area contributed by atoms with E-state index in [4.69, 9.17) is 9.15 Å². The van der Waals surface area contributed by atoms with Crippen molar-refractivity contribution in [2.75, 3.05) is 11.3 Å². The van der Waals surface area contributed by atoms with Gasteiger partial charge in [0.25, 0.3) is 15.9 Å². The number of hydrogen-bond donors (Lipinski definition) is 3. The van der Waals surface area contributed by atoms with Gasteiger partial charge in [0.2, 0.25) is 0 Å². The first kappa shape index (κ1) is 24.3. The maximum atomic E-state index is 12.3. The molecule has 0 aliphatic rings. The van der Waals surface area contributed by atoms with E-state index >= 15 is 0 Å². The zero-order chi connectivity index (χ0) is 24.4. The van der Waals surface area contributed by atoms with E-state index < -0.39 is 34.5 Å². The van der Waals surface area contributed by atoms with E-state index in [1.807, 2.05) is 11.4 Å². The lowest BCUT2D eigenvalue weighted by molar-refractivity contribution is -0.123. The highest BCUT2D eigenvalue weighted by molar-refractivity contribution is 7.95. The molecule has 3 rings (SSSR count). The largest absolute Gasteiger partial charge is 0.467 e. The molecule has 0 saturated carbocycles. The molecule has 34 heavy (non-hydrogen) atoms. The number of imide groups is 1. The number of urea groups is 1. The number of esters is 1. The number of nitrogens with one attached hydrogen (secondary N) is 3. The standard InChI is InChI=1S/C23H21N3O7S/c27-21(25-23(29)24-15-20-10-5-12-32-20)16-33-22(28)18-8-4-9-19(14-18)26-34(30,31)13-11-17-6-2-1-3-7-17/h1-14,26H,15-16H2,(H2,24,25,27,29)/b13-11+. The van der Waals surface area contributed by atoms with Crippen LogP contribution in [0.3, 0.4) is 0 Å². The van der Waals surface area contributed by atoms with E-state index in [0.29, 0.717) is 11.3 Å². The number of sulfonamides is 1. The van der Waals surface area contributed by atoms with Crippen molar-refractivity contribution in [1.29, 1.82) is 0 Å². The van der Waals surface area contributed by atoms with Crippen LogP contribution < -0.4 is 15.4 Å². The molecule has 0 atom stereocenters. The maximum Gasteiger partial charge on any atom is 0.338 e. The van der Waals surface area contributed by atoms with Crippen molar-refractivity contribution in [3.63, 3.8) is 0 Å². The van der Waals surface area contributed by atoms with E-state index in [1.54, 1.807) is 36.4 Å². The summed E-state index contributed by atoms with van der Waals surface area (Å²) in [6, 6.07) is 17.0. The number of ether oxygens (including phenoxy) is 1. The van der Waals surface area contributed by atoms with Gasteiger partial charge in [-0.3, -0.25) is 14.8 Å². The number of carbonyl (C=O) groups excluding carboxylic acids is 3. The number of carbonyl (C=O) groups is 3. The Morgan fingerprint density at radius 1 is 0.971 bits per heavy atom. The molecule has 0 spiro atoms. The molecule has 0 fully saturated rings. The van der Waals surface area contributed by atoms with Crippen LogP contribution in [0.25, 0.3) is 6.08 Å². The van der Waals surface area contributed by atoms with Crippen molar-refractivity contribution in [2.24, 2.45) is 0 Å². The Bertz CT molecular complexity index is 1270. The van der Waals surface area contributed by atoms with Crippen molar-refractivity contribution >= 4 is 39.7 Å². The lowest BCUT2D eigenvalue weighted by Gasteiger charge is -2.08. The van der Waals surface area contributed by atoms with E-state index in [9.17, 15) is 22.8 Å². The molecular formula is C23H21N3O7S. The quantitative estimate of drug-likeness (QED) is 0.397. The van der Waals surface area contributed by atoms with Crippen LogP contribution in [-0.4, -0.2) is 32.9 Å². The predicted molar refractivity (Wildman–Crippen MR) is 124 cm³/mol. The molecular weight excluding hydrogens is 462 g/mol. The normalized spacial score (nSPS) is 11.1. The Morgan fingerprint density at radius 3 is 2.50 bits per heavy atom. The minimum absolute atomic E-state index is 0.0160. The van der Waals surface area contributed by atoms with Crippen molar-refractivity contribution in [1.82, 2.24) is 10.6 Å². The van der Waals surface area contributed by atoms with E-state index in [1.165, 1.54) is 36.6 Å². The van der Waals surface area contributed by atoms with Gasteiger partial charge in [-0.05, 0) is 42.0 Å². The van der Waals surface area contributed by atoms with Gasteiger partial charge in [-0.2, -0.15) is 0 Å². The van der Waals surface area contributed by atoms with Crippen LogP contribution in [0.1, 0.15) is 21.7 Å². The number of rotatable bonds is 9. The highest BCUT2D eigenvalue weighted by atomic mass is 32.2. The van der Waals surface area contributed by atoms with Crippen LogP contribution in [0.5, 0.6) is 0 Å². The second kappa shape index (κ2) is 11.5. The topological polar surface area (TPSA) is 144 Å². The van der Waals surface area contributed by atoms with Crippen LogP contribution in [0.4, 0.5) is 10.5 Å². The number of benzene rings is 2. The Hall–Kier alpha value is -4.38. The van der Waals surface area contributed by atoms with Crippen LogP contribution in [0.15, 0.2) is 82.8 Å². The van der Waals surface area contributed by atoms with Crippen LogP contribution in [0.2, 0.25) is 0 Å². The molecule has 0 aliphatic heterocycles. The maximum absolute atomic E-state index is 12.3. The van der Waals surface area contributed by atoms with Crippen molar-refractivity contribution in [2.45, 2.75) is 6.54 Å². The molecule has 0 unspecified atom stereocenters. The average Bonchev–Trinajstić information content (AvgIpc) is 3.34. The number of hydrogen-bond acceptors (Lipinski definition) is 7. The molecule has 3 aromatic rings. The zero-order valence-electron chi connectivity index (χ0n) is 17.8. The molecule has 1 aromatic heterocycles. The van der Waals surface area contributed by atoms with Gasteiger partial charge in [0.1, 0.15) is 5.76 Å². The lowest BCUT2D eigenvalue weighted by Crippen LogP contribution is -2.41. The van der Waals surface area contributed by atoms with Crippen LogP contribution in [0, 0.1) is 0 Å². The fraction of sp³-hybridized carbons (Fsp3) is 0.0870. The summed E-state index contributed by atoms with van der Waals surface area (Å²) in [7, 11) is -3.83. The summed E-state index contributed by atoms with van der Waals surface area (Å²) in [6.07, 6.45) is 2.88. The molecule has 3 N–H and O–H groups in total. The van der Waals surface area contributed by atoms with Crippen molar-refractivity contribution in [3.05, 3.63) is 95.3 Å². The highest BCUT2D eigenvalue weighted by Crippen LogP contribution is 2.14. The Morgan fingerprint density at radius 2 is 1.76 bits per heavy atom. The fourth-order valence-electron chi connectivity index (χ4n) is 2.64. The Labute approximate surface area is 195 Å². The summed E-state index contributed by atoms with van der Waals surface area (Å²) in [5.41, 5.74) is 0.856. The monoisotopic (exact) mass is 483 g/mol. The molecule has 11 heteroatoms. The van der Waals surface area contributed by atoms with Gasteiger partial charge in [0.15, 0.2) is 6.61 Å². The van der Waals surface area contributed by atoms with Crippen LogP contribution >= 0.6 is 0 Å². The molecule has 176 valence electrons. The molecule has 1 heterocycles. The second-order valence-electron chi connectivity index (χ2n) is 6.83.